The molecule has 200 valence electrons. The minimum Gasteiger partial charge on any atom is -0.484 e. The van der Waals surface area contributed by atoms with Gasteiger partial charge in [0.15, 0.2) is 12.4 Å². The minimum absolute atomic E-state index is 0.0410. The van der Waals surface area contributed by atoms with Gasteiger partial charge in [-0.05, 0) is 55.5 Å². The summed E-state index contributed by atoms with van der Waals surface area (Å²) in [6.45, 7) is 1.01. The summed E-state index contributed by atoms with van der Waals surface area (Å²) in [4.78, 5) is 33.1. The zero-order valence-electron chi connectivity index (χ0n) is 21.4. The zero-order chi connectivity index (χ0) is 26.3. The molecule has 2 fully saturated rings. The van der Waals surface area contributed by atoms with Crippen LogP contribution in [-0.2, 0) is 16.0 Å². The summed E-state index contributed by atoms with van der Waals surface area (Å²) < 4.78 is 24.6. The molecule has 38 heavy (non-hydrogen) atoms. The second-order valence-electron chi connectivity index (χ2n) is 10.1. The fourth-order valence-corrected chi connectivity index (χ4v) is 5.46. The van der Waals surface area contributed by atoms with Crippen molar-refractivity contribution in [3.63, 3.8) is 0 Å². The van der Waals surface area contributed by atoms with Crippen LogP contribution in [0.3, 0.4) is 0 Å². The normalized spacial score (nSPS) is 22.3. The Morgan fingerprint density at radius 3 is 2.66 bits per heavy atom. The standard InChI is InChI=1S/C29H33FN4O4/c30-22-10-12-23(13-11-22)37-19-27(35)34-15-7-2-1-6-14-31-28(36)24-17-21(18-25(24)34)29-32-26(33-38-29)16-20-8-4-3-5-9-20/h3-5,8-13,21,24-25H,1-2,6-7,14-19H2,(H,31,36)/t21-,24-,25+/m1/s1. The van der Waals surface area contributed by atoms with Gasteiger partial charge in [0, 0.05) is 31.5 Å². The van der Waals surface area contributed by atoms with Crippen LogP contribution < -0.4 is 10.1 Å². The molecule has 1 aliphatic carbocycles. The van der Waals surface area contributed by atoms with Crippen molar-refractivity contribution < 1.29 is 23.2 Å². The van der Waals surface area contributed by atoms with Gasteiger partial charge in [0.1, 0.15) is 11.6 Å². The molecule has 0 spiro atoms. The van der Waals surface area contributed by atoms with E-state index in [1.165, 1.54) is 24.3 Å². The zero-order valence-corrected chi connectivity index (χ0v) is 21.4. The number of rotatable bonds is 6. The van der Waals surface area contributed by atoms with Gasteiger partial charge < -0.3 is 19.5 Å². The number of carbonyl (C=O) groups excluding carboxylic acids is 2. The number of hydrogen-bond acceptors (Lipinski definition) is 6. The van der Waals surface area contributed by atoms with Gasteiger partial charge in [-0.15, -0.1) is 0 Å². The van der Waals surface area contributed by atoms with Crippen molar-refractivity contribution >= 4 is 11.8 Å². The maximum atomic E-state index is 13.4. The van der Waals surface area contributed by atoms with Gasteiger partial charge in [0.2, 0.25) is 11.8 Å². The Kier molecular flexibility index (Phi) is 8.31. The topological polar surface area (TPSA) is 97.6 Å². The highest BCUT2D eigenvalue weighted by atomic mass is 19.1. The number of hydrogen-bond donors (Lipinski definition) is 1. The van der Waals surface area contributed by atoms with E-state index in [2.05, 4.69) is 15.5 Å². The first-order valence-electron chi connectivity index (χ1n) is 13.4. The van der Waals surface area contributed by atoms with E-state index in [0.29, 0.717) is 49.8 Å². The molecule has 5 rings (SSSR count). The number of amides is 2. The average Bonchev–Trinajstić information content (AvgIpc) is 3.57. The van der Waals surface area contributed by atoms with E-state index in [1.807, 2.05) is 30.3 Å². The van der Waals surface area contributed by atoms with Crippen molar-refractivity contribution in [2.75, 3.05) is 19.7 Å². The van der Waals surface area contributed by atoms with Crippen molar-refractivity contribution in [1.29, 1.82) is 0 Å². The van der Waals surface area contributed by atoms with Gasteiger partial charge in [0.05, 0.1) is 5.92 Å². The number of nitrogens with zero attached hydrogens (tertiary/aromatic N) is 3. The van der Waals surface area contributed by atoms with E-state index < -0.39 is 0 Å². The molecule has 2 aliphatic rings. The van der Waals surface area contributed by atoms with Crippen LogP contribution in [0.25, 0.3) is 0 Å². The van der Waals surface area contributed by atoms with Crippen molar-refractivity contribution in [2.24, 2.45) is 5.92 Å². The Morgan fingerprint density at radius 1 is 1.05 bits per heavy atom. The monoisotopic (exact) mass is 520 g/mol. The van der Waals surface area contributed by atoms with Gasteiger partial charge in [-0.2, -0.15) is 4.98 Å². The number of benzene rings is 2. The predicted octanol–water partition coefficient (Wildman–Crippen LogP) is 4.26. The van der Waals surface area contributed by atoms with Crippen molar-refractivity contribution in [2.45, 2.75) is 56.9 Å². The molecule has 2 aromatic carbocycles. The molecular formula is C29H33FN4O4. The Balaban J connectivity index is 1.33. The van der Waals surface area contributed by atoms with Crippen LogP contribution in [0.1, 0.15) is 61.7 Å². The predicted molar refractivity (Wildman–Crippen MR) is 138 cm³/mol. The summed E-state index contributed by atoms with van der Waals surface area (Å²) in [7, 11) is 0. The highest BCUT2D eigenvalue weighted by Crippen LogP contribution is 2.41. The smallest absolute Gasteiger partial charge is 0.260 e. The fourth-order valence-electron chi connectivity index (χ4n) is 5.46. The summed E-state index contributed by atoms with van der Waals surface area (Å²) in [5.74, 6) is 0.445. The number of fused-ring (bicyclic) bond motifs is 1. The lowest BCUT2D eigenvalue weighted by atomic mass is 10.00. The summed E-state index contributed by atoms with van der Waals surface area (Å²) in [6, 6.07) is 15.2. The van der Waals surface area contributed by atoms with E-state index in [9.17, 15) is 14.0 Å². The Morgan fingerprint density at radius 2 is 1.84 bits per heavy atom. The summed E-state index contributed by atoms with van der Waals surface area (Å²) in [5, 5.41) is 7.25. The Labute approximate surface area is 221 Å². The molecule has 2 heterocycles. The van der Waals surface area contributed by atoms with Crippen LogP contribution in [0.2, 0.25) is 0 Å². The summed E-state index contributed by atoms with van der Waals surface area (Å²) in [5.41, 5.74) is 1.09. The van der Waals surface area contributed by atoms with Crippen molar-refractivity contribution in [1.82, 2.24) is 20.4 Å². The van der Waals surface area contributed by atoms with Gasteiger partial charge in [0.25, 0.3) is 5.91 Å². The number of nitrogens with one attached hydrogen (secondary N) is 1. The lowest BCUT2D eigenvalue weighted by Gasteiger charge is -2.32. The largest absolute Gasteiger partial charge is 0.484 e. The number of halogens is 1. The van der Waals surface area contributed by atoms with E-state index in [0.717, 1.165) is 31.2 Å². The second-order valence-corrected chi connectivity index (χ2v) is 10.1. The van der Waals surface area contributed by atoms with Gasteiger partial charge in [-0.25, -0.2) is 4.39 Å². The molecule has 2 amide bonds. The molecule has 1 saturated carbocycles. The van der Waals surface area contributed by atoms with Crippen LogP contribution in [0.15, 0.2) is 59.1 Å². The maximum Gasteiger partial charge on any atom is 0.260 e. The quantitative estimate of drug-likeness (QED) is 0.522. The molecule has 3 atom stereocenters. The van der Waals surface area contributed by atoms with Crippen molar-refractivity contribution in [3.8, 4) is 5.75 Å². The molecule has 0 radical (unpaired) electrons. The van der Waals surface area contributed by atoms with E-state index in [4.69, 9.17) is 9.26 Å². The molecule has 8 nitrogen and oxygen atoms in total. The molecule has 9 heteroatoms. The van der Waals surface area contributed by atoms with Gasteiger partial charge in [-0.1, -0.05) is 48.3 Å². The lowest BCUT2D eigenvalue weighted by Crippen LogP contribution is -2.48. The lowest BCUT2D eigenvalue weighted by molar-refractivity contribution is -0.138. The third-order valence-corrected chi connectivity index (χ3v) is 7.43. The maximum absolute atomic E-state index is 13.4. The van der Waals surface area contributed by atoms with Crippen LogP contribution in [0, 0.1) is 11.7 Å². The minimum atomic E-state index is -0.377. The van der Waals surface area contributed by atoms with Gasteiger partial charge in [-0.3, -0.25) is 9.59 Å². The fraction of sp³-hybridized carbons (Fsp3) is 0.448. The average molecular weight is 521 g/mol. The number of carbonyl (C=O) groups is 2. The molecule has 0 unspecified atom stereocenters. The third kappa shape index (κ3) is 6.38. The molecular weight excluding hydrogens is 487 g/mol. The molecule has 1 N–H and O–H groups in total. The van der Waals surface area contributed by atoms with Crippen LogP contribution in [0.5, 0.6) is 5.75 Å². The van der Waals surface area contributed by atoms with E-state index >= 15 is 0 Å². The van der Waals surface area contributed by atoms with Gasteiger partial charge >= 0.3 is 0 Å². The Hall–Kier alpha value is -3.75. The second kappa shape index (κ2) is 12.2. The van der Waals surface area contributed by atoms with E-state index in [-0.39, 0.29) is 42.1 Å². The highest BCUT2D eigenvalue weighted by molar-refractivity contribution is 5.83. The number of ether oxygens (including phenoxy) is 1. The third-order valence-electron chi connectivity index (χ3n) is 7.43. The first-order chi connectivity index (χ1) is 18.6. The SMILES string of the molecule is O=C1NCCCCCCN(C(=O)COc2ccc(F)cc2)[C@H]2C[C@H](c3nc(Cc4ccccc4)no3)C[C@@H]12. The summed E-state index contributed by atoms with van der Waals surface area (Å²) >= 11 is 0. The van der Waals surface area contributed by atoms with Crippen LogP contribution in [-0.4, -0.2) is 52.6 Å². The molecule has 1 aromatic heterocycles. The summed E-state index contributed by atoms with van der Waals surface area (Å²) in [6.07, 6.45) is 5.41. The van der Waals surface area contributed by atoms with Crippen LogP contribution in [0.4, 0.5) is 4.39 Å². The molecule has 3 aromatic rings. The van der Waals surface area contributed by atoms with E-state index in [1.54, 1.807) is 4.90 Å². The Bertz CT molecular complexity index is 1220. The number of aromatic nitrogens is 2. The highest BCUT2D eigenvalue weighted by Gasteiger charge is 2.45. The molecule has 1 saturated heterocycles. The van der Waals surface area contributed by atoms with Crippen LogP contribution >= 0.6 is 0 Å². The van der Waals surface area contributed by atoms with Crippen molar-refractivity contribution in [3.05, 3.63) is 77.7 Å². The first-order valence-corrected chi connectivity index (χ1v) is 13.4. The first kappa shape index (κ1) is 25.9. The molecule has 1 aliphatic heterocycles. The molecule has 0 bridgehead atoms.